The van der Waals surface area contributed by atoms with Crippen LogP contribution in [0.4, 0.5) is 11.5 Å². The lowest BCUT2D eigenvalue weighted by atomic mass is 10.1. The first-order valence-electron chi connectivity index (χ1n) is 6.74. The van der Waals surface area contributed by atoms with Crippen molar-refractivity contribution < 1.29 is 9.53 Å². The van der Waals surface area contributed by atoms with Crippen LogP contribution >= 0.6 is 27.7 Å². The van der Waals surface area contributed by atoms with Crippen molar-refractivity contribution in [1.82, 2.24) is 4.98 Å². The third-order valence-electron chi connectivity index (χ3n) is 3.31. The van der Waals surface area contributed by atoms with Crippen molar-refractivity contribution in [2.45, 2.75) is 12.5 Å². The van der Waals surface area contributed by atoms with Crippen molar-refractivity contribution in [3.8, 4) is 0 Å². The van der Waals surface area contributed by atoms with Gasteiger partial charge in [-0.05, 0) is 40.4 Å². The van der Waals surface area contributed by atoms with Gasteiger partial charge >= 0.3 is 5.97 Å². The standard InChI is InChI=1S/C15H18BrN3O2S/c1-21-15(20)12(6-7-22-2)19-14-13-9(10(16)8-18-14)4-3-5-11(13)17/h3-5,8,12H,6-7,17H2,1-2H3,(H,18,19). The molecule has 1 aromatic carbocycles. The number of hydrogen-bond donors (Lipinski definition) is 2. The number of carbonyl (C=O) groups is 1. The zero-order chi connectivity index (χ0) is 16.1. The first kappa shape index (κ1) is 16.9. The van der Waals surface area contributed by atoms with Gasteiger partial charge in [-0.1, -0.05) is 12.1 Å². The average molecular weight is 384 g/mol. The summed E-state index contributed by atoms with van der Waals surface area (Å²) < 4.78 is 5.73. The number of nitrogens with one attached hydrogen (secondary N) is 1. The number of esters is 1. The maximum Gasteiger partial charge on any atom is 0.328 e. The Kier molecular flexibility index (Phi) is 5.90. The second-order valence-corrected chi connectivity index (χ2v) is 6.57. The van der Waals surface area contributed by atoms with Gasteiger partial charge in [0, 0.05) is 27.1 Å². The van der Waals surface area contributed by atoms with E-state index in [1.165, 1.54) is 7.11 Å². The molecule has 22 heavy (non-hydrogen) atoms. The highest BCUT2D eigenvalue weighted by Gasteiger charge is 2.21. The summed E-state index contributed by atoms with van der Waals surface area (Å²) in [5, 5.41) is 4.93. The first-order chi connectivity index (χ1) is 10.6. The molecule has 118 valence electrons. The van der Waals surface area contributed by atoms with Crippen LogP contribution in [0.1, 0.15) is 6.42 Å². The van der Waals surface area contributed by atoms with Crippen molar-refractivity contribution >= 4 is 55.9 Å². The molecule has 0 aliphatic carbocycles. The number of nitrogens with zero attached hydrogens (tertiary/aromatic N) is 1. The van der Waals surface area contributed by atoms with Crippen LogP contribution in [0.2, 0.25) is 0 Å². The lowest BCUT2D eigenvalue weighted by Gasteiger charge is -2.18. The van der Waals surface area contributed by atoms with Crippen LogP contribution < -0.4 is 11.1 Å². The molecule has 0 fully saturated rings. The summed E-state index contributed by atoms with van der Waals surface area (Å²) in [7, 11) is 1.39. The molecule has 0 aliphatic heterocycles. The fraction of sp³-hybridized carbons (Fsp3) is 0.333. The van der Waals surface area contributed by atoms with E-state index in [9.17, 15) is 4.79 Å². The Bertz CT molecular complexity index is 681. The number of carbonyl (C=O) groups excluding carboxylic acids is 1. The summed E-state index contributed by atoms with van der Waals surface area (Å²) in [5.41, 5.74) is 6.70. The van der Waals surface area contributed by atoms with Crippen LogP contribution in [-0.4, -0.2) is 36.1 Å². The third kappa shape index (κ3) is 3.64. The maximum atomic E-state index is 11.9. The SMILES string of the molecule is COC(=O)C(CCSC)Nc1ncc(Br)c2cccc(N)c12. The lowest BCUT2D eigenvalue weighted by Crippen LogP contribution is -2.31. The number of benzene rings is 1. The molecule has 0 radical (unpaired) electrons. The minimum absolute atomic E-state index is 0.304. The van der Waals surface area contributed by atoms with Crippen LogP contribution in [-0.2, 0) is 9.53 Å². The van der Waals surface area contributed by atoms with Gasteiger partial charge in [0.15, 0.2) is 0 Å². The predicted octanol–water partition coefficient (Wildman–Crippen LogP) is 3.29. The van der Waals surface area contributed by atoms with Crippen LogP contribution in [0, 0.1) is 0 Å². The molecule has 2 aromatic rings. The van der Waals surface area contributed by atoms with E-state index in [1.807, 2.05) is 24.5 Å². The van der Waals surface area contributed by atoms with Gasteiger partial charge in [0.2, 0.25) is 0 Å². The number of ether oxygens (including phenoxy) is 1. The quantitative estimate of drug-likeness (QED) is 0.588. The molecule has 1 aromatic heterocycles. The van der Waals surface area contributed by atoms with E-state index in [1.54, 1.807) is 18.0 Å². The number of fused-ring (bicyclic) bond motifs is 1. The number of rotatable bonds is 6. The normalized spacial score (nSPS) is 12.1. The van der Waals surface area contributed by atoms with E-state index in [0.717, 1.165) is 21.0 Å². The summed E-state index contributed by atoms with van der Waals surface area (Å²) in [6.07, 6.45) is 4.35. The molecule has 0 spiro atoms. The van der Waals surface area contributed by atoms with Crippen LogP contribution in [0.5, 0.6) is 0 Å². The maximum absolute atomic E-state index is 11.9. The molecule has 2 rings (SSSR count). The molecule has 0 bridgehead atoms. The van der Waals surface area contributed by atoms with Crippen LogP contribution in [0.3, 0.4) is 0 Å². The fourth-order valence-electron chi connectivity index (χ4n) is 2.19. The first-order valence-corrected chi connectivity index (χ1v) is 8.93. The van der Waals surface area contributed by atoms with Crippen LogP contribution in [0.25, 0.3) is 10.8 Å². The molecule has 0 amide bonds. The molecular weight excluding hydrogens is 366 g/mol. The highest BCUT2D eigenvalue weighted by Crippen LogP contribution is 2.32. The second kappa shape index (κ2) is 7.69. The predicted molar refractivity (Wildman–Crippen MR) is 96.3 cm³/mol. The molecule has 1 atom stereocenters. The zero-order valence-corrected chi connectivity index (χ0v) is 14.8. The Balaban J connectivity index is 2.41. The van der Waals surface area contributed by atoms with Gasteiger partial charge in [-0.25, -0.2) is 9.78 Å². The van der Waals surface area contributed by atoms with Gasteiger partial charge in [0.05, 0.1) is 7.11 Å². The van der Waals surface area contributed by atoms with E-state index < -0.39 is 6.04 Å². The van der Waals surface area contributed by atoms with Gasteiger partial charge in [-0.15, -0.1) is 0 Å². The van der Waals surface area contributed by atoms with E-state index in [4.69, 9.17) is 10.5 Å². The summed E-state index contributed by atoms with van der Waals surface area (Å²) >= 11 is 5.15. The lowest BCUT2D eigenvalue weighted by molar-refractivity contribution is -0.141. The number of thioether (sulfide) groups is 1. The molecule has 0 saturated heterocycles. The topological polar surface area (TPSA) is 77.2 Å². The Morgan fingerprint density at radius 3 is 3.00 bits per heavy atom. The van der Waals surface area contributed by atoms with E-state index in [2.05, 4.69) is 26.2 Å². The summed E-state index contributed by atoms with van der Waals surface area (Å²) in [6.45, 7) is 0. The molecule has 1 unspecified atom stereocenters. The highest BCUT2D eigenvalue weighted by atomic mass is 79.9. The zero-order valence-electron chi connectivity index (χ0n) is 12.4. The van der Waals surface area contributed by atoms with Crippen molar-refractivity contribution in [3.05, 3.63) is 28.9 Å². The smallest absolute Gasteiger partial charge is 0.328 e. The fourth-order valence-corrected chi connectivity index (χ4v) is 3.09. The Morgan fingerprint density at radius 2 is 2.32 bits per heavy atom. The largest absolute Gasteiger partial charge is 0.467 e. The van der Waals surface area contributed by atoms with E-state index in [0.29, 0.717) is 17.9 Å². The number of anilines is 2. The van der Waals surface area contributed by atoms with Crippen molar-refractivity contribution in [1.29, 1.82) is 0 Å². The minimum Gasteiger partial charge on any atom is -0.467 e. The Morgan fingerprint density at radius 1 is 1.55 bits per heavy atom. The number of halogens is 1. The highest BCUT2D eigenvalue weighted by molar-refractivity contribution is 9.10. The van der Waals surface area contributed by atoms with Crippen LogP contribution in [0.15, 0.2) is 28.9 Å². The second-order valence-electron chi connectivity index (χ2n) is 4.73. The number of nitrogen functional groups attached to an aromatic ring is 1. The number of methoxy groups -OCH3 is 1. The summed E-state index contributed by atoms with van der Waals surface area (Å²) in [5.74, 6) is 1.13. The molecule has 0 saturated carbocycles. The summed E-state index contributed by atoms with van der Waals surface area (Å²) in [4.78, 5) is 16.3. The van der Waals surface area contributed by atoms with Crippen molar-refractivity contribution in [2.75, 3.05) is 30.2 Å². The van der Waals surface area contributed by atoms with Gasteiger partial charge < -0.3 is 15.8 Å². The molecule has 3 N–H and O–H groups in total. The van der Waals surface area contributed by atoms with Gasteiger partial charge in [0.25, 0.3) is 0 Å². The Hall–Kier alpha value is -1.47. The average Bonchev–Trinajstić information content (AvgIpc) is 2.53. The third-order valence-corrected chi connectivity index (χ3v) is 4.58. The molecule has 0 aliphatic rings. The number of nitrogens with two attached hydrogens (primary N) is 1. The van der Waals surface area contributed by atoms with E-state index >= 15 is 0 Å². The summed E-state index contributed by atoms with van der Waals surface area (Å²) in [6, 6.07) is 5.21. The van der Waals surface area contributed by atoms with Gasteiger partial charge in [-0.2, -0.15) is 11.8 Å². The number of hydrogen-bond acceptors (Lipinski definition) is 6. The molecule has 5 nitrogen and oxygen atoms in total. The minimum atomic E-state index is -0.450. The molecule has 1 heterocycles. The van der Waals surface area contributed by atoms with Gasteiger partial charge in [0.1, 0.15) is 11.9 Å². The molecular formula is C15H18BrN3O2S. The van der Waals surface area contributed by atoms with Crippen molar-refractivity contribution in [2.24, 2.45) is 0 Å². The van der Waals surface area contributed by atoms with Gasteiger partial charge in [-0.3, -0.25) is 0 Å². The van der Waals surface area contributed by atoms with Crippen molar-refractivity contribution in [3.63, 3.8) is 0 Å². The monoisotopic (exact) mass is 383 g/mol. The van der Waals surface area contributed by atoms with E-state index in [-0.39, 0.29) is 5.97 Å². The number of pyridine rings is 1. The Labute approximate surface area is 142 Å². The number of aromatic nitrogens is 1. The molecule has 7 heteroatoms.